The van der Waals surface area contributed by atoms with E-state index in [1.165, 1.54) is 52.1 Å². The maximum atomic E-state index is 10.8. The molecule has 0 atom stereocenters. The summed E-state index contributed by atoms with van der Waals surface area (Å²) < 4.78 is 41.8. The summed E-state index contributed by atoms with van der Waals surface area (Å²) in [6.45, 7) is 16.3. The fourth-order valence-electron chi connectivity index (χ4n) is 12.9. The molecule has 18 rings (SSSR count). The van der Waals surface area contributed by atoms with Gasteiger partial charge in [0, 0.05) is 147 Å². The number of benzene rings is 9. The molecule has 36 nitrogen and oxygen atoms in total. The first-order valence-electron chi connectivity index (χ1n) is 40.6. The van der Waals surface area contributed by atoms with Gasteiger partial charge < -0.3 is 57.5 Å². The van der Waals surface area contributed by atoms with Crippen LogP contribution in [-0.4, -0.2) is 188 Å². The minimum atomic E-state index is -0.181. The molecular formula is C89H99BrI2K2N21O15S3+3. The first-order chi connectivity index (χ1) is 64.0. The average molecular weight is 2210 g/mol. The normalized spacial score (nSPS) is 10.5. The van der Waals surface area contributed by atoms with Crippen molar-refractivity contribution in [2.75, 3.05) is 129 Å². The van der Waals surface area contributed by atoms with Gasteiger partial charge in [-0.05, 0) is 185 Å². The van der Waals surface area contributed by atoms with Crippen molar-refractivity contribution in [1.82, 2.24) is 61.9 Å². The van der Waals surface area contributed by atoms with E-state index in [1.807, 2.05) is 160 Å². The molecule has 0 saturated heterocycles. The summed E-state index contributed by atoms with van der Waals surface area (Å²) in [5.74, 6) is 0. The van der Waals surface area contributed by atoms with Crippen molar-refractivity contribution < 1.29 is 190 Å². The number of carbonyl (C=O) groups excluding carboxylic acids is 2. The van der Waals surface area contributed by atoms with E-state index < -0.39 is 0 Å². The Labute approximate surface area is 899 Å². The summed E-state index contributed by atoms with van der Waals surface area (Å²) in [6.07, 6.45) is 12.7. The number of aliphatic hydroxyl groups excluding tert-OH is 3. The van der Waals surface area contributed by atoms with Crippen LogP contribution in [0, 0.1) is 17.0 Å². The number of aldehydes is 1. The number of aliphatic hydroxyl groups is 3. The largest absolute Gasteiger partial charge is 1.00 e. The van der Waals surface area contributed by atoms with Gasteiger partial charge >= 0.3 is 103 Å². The fraction of sp³-hybridized carbons (Fsp3) is 0.270. The Morgan fingerprint density at radius 3 is 1.26 bits per heavy atom. The number of anilines is 6. The Morgan fingerprint density at radius 1 is 0.481 bits per heavy atom. The second kappa shape index (κ2) is 59.7. The molecule has 0 radical (unpaired) electrons. The molecule has 18 aromatic rings. The van der Waals surface area contributed by atoms with Crippen molar-refractivity contribution in [3.8, 4) is 10.0 Å². The standard InChI is InChI=1S/C22H20IN4O3S.C20H21N4O2S.C10H11N3O3.C10H12NS.C9H11N3O2.C7H7N3O.C6H5N3O.C3H7Br.CH3I.CH2O3.2K.H/c1-3-27-17-6-4-5-7-19(17)31-20(27)11-9-16-8-10-18(22-21(16)24-30-25-22)26(2)13-15-29-28-14-12-23;1-3-24-15-6-4-5-7-17(15)27-18(24)11-9-14-8-10-16(23(2)12-13-25)20-19(14)21-26-22-20;1-13(4-5-14)8-3-2-7(6-15)9-10(8)12-16-11-9;1-3-11-8(2)12-10-7-5-4-6-9(10)11;1-12(5-6-13)8-4-2-3-7-9(8)11-14-10-7;1-8-5-3-2-4-6-7(5)10-11-9-6;7-4-2-1-3-5-6(4)9-10-8-5;1-2-3-4;1-2;2-1-4-3;;;/h4-11H,3,13,15H2,1-2H3;4-11,25H,3,12-13H2,1-2H3;2-3,6,14H,4-5H2,1H3;4-7H,3H2,1-2H3;2-4,13H,5-6H2,1H3;2-4,8H,1H3;1-3H,7H2;2-3H2,1H3;1H3;1,3H;;;/q2*+1;;+1;;;;;;;2*+1;-1/p-1. The maximum Gasteiger partial charge on any atom is 1.00 e. The third kappa shape index (κ3) is 30.4. The van der Waals surface area contributed by atoms with Crippen LogP contribution in [0.15, 0.2) is 192 Å². The molecule has 9 heterocycles. The van der Waals surface area contributed by atoms with Gasteiger partial charge in [-0.25, -0.2) is 27.8 Å². The second-order valence-corrected chi connectivity index (χ2v) is 31.9. The van der Waals surface area contributed by atoms with E-state index in [0.717, 1.165) is 97.6 Å². The van der Waals surface area contributed by atoms with Crippen LogP contribution in [0.25, 0.3) is 121 Å². The summed E-state index contributed by atoms with van der Waals surface area (Å²) >= 11 is 12.7. The Bertz CT molecular complexity index is 6730. The number of halogens is 3. The Morgan fingerprint density at radius 2 is 0.842 bits per heavy atom. The first-order valence-corrected chi connectivity index (χ1v) is 47.4. The minimum Gasteiger partial charge on any atom is -1.00 e. The summed E-state index contributed by atoms with van der Waals surface area (Å²) in [4.78, 5) is 41.4. The van der Waals surface area contributed by atoms with Gasteiger partial charge in [-0.3, -0.25) is 14.5 Å². The van der Waals surface area contributed by atoms with Crippen LogP contribution < -0.4 is 152 Å². The molecule has 9 aromatic carbocycles. The van der Waals surface area contributed by atoms with Crippen LogP contribution in [0.3, 0.4) is 0 Å². The fourth-order valence-corrected chi connectivity index (χ4v) is 16.3. The number of aryl methyl sites for hydroxylation is 4. The zero-order chi connectivity index (χ0) is 94.0. The molecule has 0 saturated carbocycles. The maximum absolute atomic E-state index is 10.8. The molecule has 0 amide bonds. The van der Waals surface area contributed by atoms with E-state index in [9.17, 15) is 9.90 Å². The number of rotatable bonds is 25. The Balaban J connectivity index is 0.000000243. The summed E-state index contributed by atoms with van der Waals surface area (Å²) in [5, 5.41) is 89.3. The van der Waals surface area contributed by atoms with E-state index in [0.29, 0.717) is 83.4 Å². The number of nitrogens with one attached hydrogen (secondary N) is 1. The van der Waals surface area contributed by atoms with Crippen LogP contribution in [0.5, 0.6) is 0 Å². The monoisotopic (exact) mass is 2210 g/mol. The first kappa shape index (κ1) is 111. The van der Waals surface area contributed by atoms with Crippen LogP contribution in [0.4, 0.5) is 34.1 Å². The van der Waals surface area contributed by atoms with Gasteiger partial charge in [-0.15, -0.1) is 0 Å². The van der Waals surface area contributed by atoms with Gasteiger partial charge in [0.2, 0.25) is 21.6 Å². The van der Waals surface area contributed by atoms with Gasteiger partial charge in [-0.1, -0.05) is 146 Å². The molecule has 44 heteroatoms. The minimum absolute atomic E-state index is 0. The number of nitrogen functional groups attached to an aromatic ring is 1. The third-order valence-electron chi connectivity index (χ3n) is 19.2. The molecule has 133 heavy (non-hydrogen) atoms. The summed E-state index contributed by atoms with van der Waals surface area (Å²) in [5.41, 5.74) is 24.9. The van der Waals surface area contributed by atoms with Crippen molar-refractivity contribution in [2.24, 2.45) is 0 Å². The third-order valence-corrected chi connectivity index (χ3v) is 23.6. The van der Waals surface area contributed by atoms with Gasteiger partial charge in [0.05, 0.1) is 53.9 Å². The molecule has 0 aliphatic carbocycles. The number of likely N-dealkylation sites (N-methyl/N-ethyl adjacent to an activating group) is 4. The molecule has 6 N–H and O–H groups in total. The molecule has 0 unspecified atom stereocenters. The number of alkyl halides is 2. The molecule has 0 fully saturated rings. The molecular weight excluding hydrogens is 2110 g/mol. The molecule has 0 aliphatic rings. The van der Waals surface area contributed by atoms with E-state index in [2.05, 4.69) is 285 Å². The number of hydrogen-bond acceptors (Lipinski definition) is 36. The van der Waals surface area contributed by atoms with Crippen LogP contribution in [0.1, 0.15) is 72.1 Å². The van der Waals surface area contributed by atoms with Crippen molar-refractivity contribution in [2.45, 2.75) is 60.7 Å². The second-order valence-electron chi connectivity index (χ2n) is 27.2. The van der Waals surface area contributed by atoms with Gasteiger partial charge in [0.25, 0.3) is 16.5 Å². The smallest absolute Gasteiger partial charge is 1.00 e. The van der Waals surface area contributed by atoms with Crippen molar-refractivity contribution in [3.63, 3.8) is 0 Å². The van der Waals surface area contributed by atoms with Gasteiger partial charge in [-0.2, -0.15) is 18.6 Å². The predicted octanol–water partition coefficient (Wildman–Crippen LogP) is 9.10. The van der Waals surface area contributed by atoms with Crippen molar-refractivity contribution >= 4 is 263 Å². The number of thiazole rings is 3. The van der Waals surface area contributed by atoms with E-state index in [-0.39, 0.29) is 130 Å². The number of nitrogens with two attached hydrogens (primary N) is 1. The van der Waals surface area contributed by atoms with Crippen LogP contribution in [-0.2, 0) is 39.1 Å². The Kier molecular flexibility index (Phi) is 49.7. The van der Waals surface area contributed by atoms with E-state index in [1.54, 1.807) is 46.9 Å². The number of nitrogens with zero attached hydrogens (tertiary/aromatic N) is 19. The summed E-state index contributed by atoms with van der Waals surface area (Å²) in [7, 11) is 9.41. The molecule has 0 aliphatic heterocycles. The number of aromatic nitrogens is 15. The van der Waals surface area contributed by atoms with Crippen molar-refractivity contribution in [3.05, 3.63) is 196 Å². The Hall–Kier alpha value is -9.16. The summed E-state index contributed by atoms with van der Waals surface area (Å²) in [6, 6.07) is 53.6. The zero-order valence-corrected chi connectivity index (χ0v) is 90.0. The molecule has 0 spiro atoms. The zero-order valence-electron chi connectivity index (χ0n) is 76.4. The molecule has 688 valence electrons. The number of para-hydroxylation sites is 3. The average Bonchev–Trinajstić information content (AvgIpc) is 1.64. The van der Waals surface area contributed by atoms with E-state index >= 15 is 0 Å². The van der Waals surface area contributed by atoms with Gasteiger partial charge in [0.15, 0.2) is 45.5 Å². The van der Waals surface area contributed by atoms with E-state index in [4.69, 9.17) is 45.0 Å². The number of hydrogen-bond donors (Lipinski definition) is 5. The molecule has 0 bridgehead atoms. The predicted molar refractivity (Wildman–Crippen MR) is 531 cm³/mol. The number of carbonyl (C=O) groups is 2. The van der Waals surface area contributed by atoms with Crippen LogP contribution >= 0.6 is 95.1 Å². The van der Waals surface area contributed by atoms with Gasteiger partial charge in [0.1, 0.15) is 73.4 Å². The molecule has 9 aromatic heterocycles. The SMILES string of the molecule is CCCBr.CC[n+]1c(/C=C/c2ccc(N(C)CCO)c3nonc23)sc2ccccc21.CC[n+]1c(/C=C/c2ccc(N(C)CCOOC#CI)c3nonc23)sc2ccccc21.CC[n+]1c(C)sc2ccccc21.CI.CN(CCO)c1ccc(C=O)c2nonc12.CN(CCO)c1cccc2nonc12.CNc1cccc2nonc12.Nc1cccc2nonc12.O=CO[O-].[H-].[K+].[K+]. The quantitative estimate of drug-likeness (QED) is 0.00340. The topological polar surface area (TPSA) is 442 Å². The van der Waals surface area contributed by atoms with Crippen LogP contribution in [0.2, 0.25) is 0 Å². The number of fused-ring (bicyclic) bond motifs is 9. The van der Waals surface area contributed by atoms with Crippen molar-refractivity contribution in [1.29, 1.82) is 0 Å².